The van der Waals surface area contributed by atoms with Crippen LogP contribution in [0.25, 0.3) is 0 Å². The van der Waals surface area contributed by atoms with Gasteiger partial charge in [-0.3, -0.25) is 4.99 Å². The van der Waals surface area contributed by atoms with Gasteiger partial charge < -0.3 is 19.7 Å². The molecule has 1 aromatic carbocycles. The van der Waals surface area contributed by atoms with Crippen LogP contribution in [0.3, 0.4) is 0 Å². The number of hydrogen-bond donors (Lipinski definition) is 1. The van der Waals surface area contributed by atoms with Crippen molar-refractivity contribution >= 4 is 5.96 Å². The molecule has 0 aromatic heterocycles. The van der Waals surface area contributed by atoms with Crippen LogP contribution in [0.1, 0.15) is 32.8 Å². The van der Waals surface area contributed by atoms with E-state index in [1.807, 2.05) is 19.2 Å². The van der Waals surface area contributed by atoms with E-state index >= 15 is 0 Å². The van der Waals surface area contributed by atoms with E-state index in [1.54, 1.807) is 7.11 Å². The number of guanidine groups is 1. The van der Waals surface area contributed by atoms with Gasteiger partial charge in [-0.25, -0.2) is 0 Å². The normalized spacial score (nSPS) is 18.5. The van der Waals surface area contributed by atoms with Crippen molar-refractivity contribution in [2.24, 2.45) is 10.9 Å². The number of benzene rings is 1. The highest BCUT2D eigenvalue weighted by atomic mass is 16.5. The van der Waals surface area contributed by atoms with Crippen LogP contribution in [-0.4, -0.2) is 57.9 Å². The molecule has 1 N–H and O–H groups in total. The Morgan fingerprint density at radius 3 is 2.60 bits per heavy atom. The van der Waals surface area contributed by atoms with Crippen LogP contribution in [0.4, 0.5) is 0 Å². The van der Waals surface area contributed by atoms with Gasteiger partial charge in [0.2, 0.25) is 0 Å². The van der Waals surface area contributed by atoms with Crippen LogP contribution >= 0.6 is 0 Å². The maximum absolute atomic E-state index is 5.83. The molecule has 1 saturated heterocycles. The van der Waals surface area contributed by atoms with Crippen molar-refractivity contribution in [2.45, 2.75) is 32.6 Å². The van der Waals surface area contributed by atoms with Gasteiger partial charge >= 0.3 is 0 Å². The second-order valence-corrected chi connectivity index (χ2v) is 7.65. The summed E-state index contributed by atoms with van der Waals surface area (Å²) in [6.45, 7) is 10.9. The molecule has 1 aliphatic rings. The average molecular weight is 348 g/mol. The maximum atomic E-state index is 5.83. The molecule has 0 amide bonds. The van der Waals surface area contributed by atoms with E-state index < -0.39 is 0 Å². The van der Waals surface area contributed by atoms with E-state index in [0.717, 1.165) is 44.4 Å². The topological polar surface area (TPSA) is 46.1 Å². The third-order valence-corrected chi connectivity index (χ3v) is 4.57. The van der Waals surface area contributed by atoms with Crippen molar-refractivity contribution < 1.29 is 9.47 Å². The highest BCUT2D eigenvalue weighted by Crippen LogP contribution is 2.24. The SMILES string of the molecule is CN=C(NCCOc1ccc(C(C)(C)C)cc1)N1CCC(COC)C1. The number of ether oxygens (including phenoxy) is 2. The van der Waals surface area contributed by atoms with Gasteiger partial charge in [0.25, 0.3) is 0 Å². The molecule has 5 nitrogen and oxygen atoms in total. The zero-order chi connectivity index (χ0) is 18.3. The third-order valence-electron chi connectivity index (χ3n) is 4.57. The summed E-state index contributed by atoms with van der Waals surface area (Å²) in [5.41, 5.74) is 1.49. The largest absolute Gasteiger partial charge is 0.492 e. The van der Waals surface area contributed by atoms with Crippen molar-refractivity contribution in [1.82, 2.24) is 10.2 Å². The van der Waals surface area contributed by atoms with Crippen molar-refractivity contribution in [2.75, 3.05) is 47.0 Å². The molecule has 140 valence electrons. The quantitative estimate of drug-likeness (QED) is 0.488. The average Bonchev–Trinajstić information content (AvgIpc) is 3.03. The smallest absolute Gasteiger partial charge is 0.193 e. The van der Waals surface area contributed by atoms with Gasteiger partial charge in [-0.05, 0) is 29.5 Å². The van der Waals surface area contributed by atoms with Gasteiger partial charge in [0.05, 0.1) is 13.2 Å². The Bertz CT molecular complexity index is 549. The summed E-state index contributed by atoms with van der Waals surface area (Å²) < 4.78 is 11.1. The first kappa shape index (κ1) is 19.6. The Kier molecular flexibility index (Phi) is 7.12. The van der Waals surface area contributed by atoms with Crippen LogP contribution in [0.2, 0.25) is 0 Å². The zero-order valence-corrected chi connectivity index (χ0v) is 16.3. The summed E-state index contributed by atoms with van der Waals surface area (Å²) >= 11 is 0. The molecule has 1 atom stereocenters. The molecular formula is C20H33N3O2. The molecule has 1 unspecified atom stereocenters. The number of rotatable bonds is 6. The van der Waals surface area contributed by atoms with Crippen molar-refractivity contribution in [1.29, 1.82) is 0 Å². The molecule has 0 radical (unpaired) electrons. The Balaban J connectivity index is 1.73. The minimum absolute atomic E-state index is 0.170. The van der Waals surface area contributed by atoms with Crippen molar-refractivity contribution in [3.63, 3.8) is 0 Å². The van der Waals surface area contributed by atoms with Gasteiger partial charge in [0.15, 0.2) is 5.96 Å². The molecule has 0 saturated carbocycles. The van der Waals surface area contributed by atoms with E-state index in [-0.39, 0.29) is 5.41 Å². The van der Waals surface area contributed by atoms with E-state index in [0.29, 0.717) is 12.5 Å². The van der Waals surface area contributed by atoms with Crippen LogP contribution in [-0.2, 0) is 10.2 Å². The summed E-state index contributed by atoms with van der Waals surface area (Å²) in [5, 5.41) is 3.39. The summed E-state index contributed by atoms with van der Waals surface area (Å²) in [6.07, 6.45) is 1.16. The number of aliphatic imine (C=N–C) groups is 1. The lowest BCUT2D eigenvalue weighted by molar-refractivity contribution is 0.157. The number of nitrogens with zero attached hydrogens (tertiary/aromatic N) is 2. The van der Waals surface area contributed by atoms with E-state index in [2.05, 4.69) is 48.1 Å². The summed E-state index contributed by atoms with van der Waals surface area (Å²) in [7, 11) is 3.60. The van der Waals surface area contributed by atoms with Crippen molar-refractivity contribution in [3.05, 3.63) is 29.8 Å². The molecule has 1 aromatic rings. The molecule has 5 heteroatoms. The number of likely N-dealkylation sites (tertiary alicyclic amines) is 1. The zero-order valence-electron chi connectivity index (χ0n) is 16.3. The highest BCUT2D eigenvalue weighted by molar-refractivity contribution is 5.80. The number of hydrogen-bond acceptors (Lipinski definition) is 3. The first-order valence-corrected chi connectivity index (χ1v) is 9.12. The number of nitrogens with one attached hydrogen (secondary N) is 1. The lowest BCUT2D eigenvalue weighted by atomic mass is 9.87. The summed E-state index contributed by atoms with van der Waals surface area (Å²) in [4.78, 5) is 6.68. The predicted octanol–water partition coefficient (Wildman–Crippen LogP) is 2.91. The molecule has 0 bridgehead atoms. The molecule has 0 spiro atoms. The Hall–Kier alpha value is -1.75. The fraction of sp³-hybridized carbons (Fsp3) is 0.650. The first-order valence-electron chi connectivity index (χ1n) is 9.12. The van der Waals surface area contributed by atoms with Gasteiger partial charge in [-0.2, -0.15) is 0 Å². The first-order chi connectivity index (χ1) is 11.9. The second-order valence-electron chi connectivity index (χ2n) is 7.65. The van der Waals surface area contributed by atoms with E-state index in [9.17, 15) is 0 Å². The molecule has 0 aliphatic carbocycles. The lowest BCUT2D eigenvalue weighted by Gasteiger charge is -2.22. The number of methoxy groups -OCH3 is 1. The standard InChI is InChI=1S/C20H33N3O2/c1-20(2,3)17-6-8-18(9-7-17)25-13-11-22-19(21-4)23-12-10-16(14-23)15-24-5/h6-9,16H,10-15H2,1-5H3,(H,21,22). The summed E-state index contributed by atoms with van der Waals surface area (Å²) in [5.74, 6) is 2.46. The van der Waals surface area contributed by atoms with Crippen LogP contribution in [0.15, 0.2) is 29.3 Å². The maximum Gasteiger partial charge on any atom is 0.193 e. The Morgan fingerprint density at radius 1 is 1.28 bits per heavy atom. The summed E-state index contributed by atoms with van der Waals surface area (Å²) in [6, 6.07) is 8.38. The van der Waals surface area contributed by atoms with E-state index in [4.69, 9.17) is 9.47 Å². The molecule has 1 heterocycles. The van der Waals surface area contributed by atoms with Gasteiger partial charge in [0.1, 0.15) is 12.4 Å². The van der Waals surface area contributed by atoms with Gasteiger partial charge in [-0.1, -0.05) is 32.9 Å². The molecule has 1 aliphatic heterocycles. The van der Waals surface area contributed by atoms with Crippen LogP contribution in [0.5, 0.6) is 5.75 Å². The highest BCUT2D eigenvalue weighted by Gasteiger charge is 2.24. The van der Waals surface area contributed by atoms with Gasteiger partial charge in [-0.15, -0.1) is 0 Å². The molecule has 25 heavy (non-hydrogen) atoms. The van der Waals surface area contributed by atoms with Crippen LogP contribution in [0, 0.1) is 5.92 Å². The fourth-order valence-electron chi connectivity index (χ4n) is 3.11. The monoisotopic (exact) mass is 347 g/mol. The van der Waals surface area contributed by atoms with Crippen LogP contribution < -0.4 is 10.1 Å². The van der Waals surface area contributed by atoms with Gasteiger partial charge in [0, 0.05) is 33.2 Å². The Labute approximate surface area is 152 Å². The molecule has 1 fully saturated rings. The van der Waals surface area contributed by atoms with Crippen molar-refractivity contribution in [3.8, 4) is 5.75 Å². The molecule has 2 rings (SSSR count). The molecular weight excluding hydrogens is 314 g/mol. The Morgan fingerprint density at radius 2 is 2.00 bits per heavy atom. The second kappa shape index (κ2) is 9.09. The fourth-order valence-corrected chi connectivity index (χ4v) is 3.11. The minimum Gasteiger partial charge on any atom is -0.492 e. The van der Waals surface area contributed by atoms with E-state index in [1.165, 1.54) is 5.56 Å². The predicted molar refractivity (Wildman–Crippen MR) is 104 cm³/mol. The lowest BCUT2D eigenvalue weighted by Crippen LogP contribution is -2.41. The third kappa shape index (κ3) is 5.92. The minimum atomic E-state index is 0.170.